The van der Waals surface area contributed by atoms with Crippen molar-refractivity contribution < 1.29 is 9.15 Å². The van der Waals surface area contributed by atoms with Gasteiger partial charge in [0, 0.05) is 11.6 Å². The van der Waals surface area contributed by atoms with E-state index in [1.54, 1.807) is 7.11 Å². The second-order valence-electron chi connectivity index (χ2n) is 5.05. The Kier molecular flexibility index (Phi) is 5.24. The summed E-state index contributed by atoms with van der Waals surface area (Å²) in [4.78, 5) is 0. The summed E-state index contributed by atoms with van der Waals surface area (Å²) >= 11 is 0. The minimum Gasteiger partial charge on any atom is -0.497 e. The Hall–Kier alpha value is -1.74. The van der Waals surface area contributed by atoms with Crippen molar-refractivity contribution in [3.8, 4) is 5.75 Å². The minimum absolute atomic E-state index is 0.292. The molecular formula is C17H23NO2. The Morgan fingerprint density at radius 3 is 2.55 bits per heavy atom. The van der Waals surface area contributed by atoms with E-state index in [-0.39, 0.29) is 0 Å². The largest absolute Gasteiger partial charge is 0.497 e. The number of methoxy groups -OCH3 is 1. The maximum absolute atomic E-state index is 5.44. The van der Waals surface area contributed by atoms with Crippen molar-refractivity contribution in [1.82, 2.24) is 5.32 Å². The van der Waals surface area contributed by atoms with Gasteiger partial charge in [0.1, 0.15) is 11.5 Å². The lowest BCUT2D eigenvalue weighted by atomic mass is 10.0. The predicted octanol–water partition coefficient (Wildman–Crippen LogP) is 3.88. The van der Waals surface area contributed by atoms with Crippen LogP contribution in [0.5, 0.6) is 5.75 Å². The number of benzene rings is 1. The van der Waals surface area contributed by atoms with Crippen molar-refractivity contribution >= 4 is 0 Å². The number of ether oxygens (including phenoxy) is 1. The van der Waals surface area contributed by atoms with Gasteiger partial charge < -0.3 is 14.5 Å². The molecular weight excluding hydrogens is 250 g/mol. The van der Waals surface area contributed by atoms with Crippen molar-refractivity contribution in [3.63, 3.8) is 0 Å². The first-order valence-electron chi connectivity index (χ1n) is 7.14. The van der Waals surface area contributed by atoms with E-state index >= 15 is 0 Å². The highest BCUT2D eigenvalue weighted by Gasteiger charge is 2.13. The zero-order chi connectivity index (χ0) is 14.4. The van der Waals surface area contributed by atoms with E-state index in [2.05, 4.69) is 30.4 Å². The van der Waals surface area contributed by atoms with Gasteiger partial charge in [-0.1, -0.05) is 19.1 Å². The molecule has 0 aliphatic carbocycles. The number of aryl methyl sites for hydroxylation is 1. The van der Waals surface area contributed by atoms with Crippen LogP contribution in [0.4, 0.5) is 0 Å². The molecule has 1 aromatic carbocycles. The van der Waals surface area contributed by atoms with Crippen LogP contribution in [0.1, 0.15) is 36.3 Å². The molecule has 0 amide bonds. The van der Waals surface area contributed by atoms with E-state index < -0.39 is 0 Å². The van der Waals surface area contributed by atoms with Crippen LogP contribution >= 0.6 is 0 Å². The molecule has 3 heteroatoms. The highest BCUT2D eigenvalue weighted by molar-refractivity contribution is 5.29. The highest BCUT2D eigenvalue weighted by Crippen LogP contribution is 2.22. The Bertz CT molecular complexity index is 516. The second kappa shape index (κ2) is 7.15. The van der Waals surface area contributed by atoms with Crippen LogP contribution in [0, 0.1) is 6.92 Å². The molecule has 0 fully saturated rings. The van der Waals surface area contributed by atoms with Gasteiger partial charge in [-0.3, -0.25) is 0 Å². The summed E-state index contributed by atoms with van der Waals surface area (Å²) in [6, 6.07) is 10.6. The van der Waals surface area contributed by atoms with Gasteiger partial charge >= 0.3 is 0 Å². The summed E-state index contributed by atoms with van der Waals surface area (Å²) in [5, 5.41) is 3.58. The summed E-state index contributed by atoms with van der Waals surface area (Å²) < 4.78 is 10.6. The van der Waals surface area contributed by atoms with Crippen molar-refractivity contribution in [1.29, 1.82) is 0 Å². The summed E-state index contributed by atoms with van der Waals surface area (Å²) in [7, 11) is 1.69. The van der Waals surface area contributed by atoms with E-state index in [0.29, 0.717) is 6.04 Å². The molecule has 0 radical (unpaired) electrons. The number of furan rings is 1. The average molecular weight is 273 g/mol. The quantitative estimate of drug-likeness (QED) is 0.831. The van der Waals surface area contributed by atoms with Crippen LogP contribution in [-0.2, 0) is 6.42 Å². The topological polar surface area (TPSA) is 34.4 Å². The molecule has 1 atom stereocenters. The lowest BCUT2D eigenvalue weighted by Crippen LogP contribution is -2.23. The third-order valence-corrected chi connectivity index (χ3v) is 3.39. The Morgan fingerprint density at radius 2 is 2.00 bits per heavy atom. The lowest BCUT2D eigenvalue weighted by molar-refractivity contribution is 0.414. The van der Waals surface area contributed by atoms with Crippen LogP contribution in [0.2, 0.25) is 0 Å². The van der Waals surface area contributed by atoms with Gasteiger partial charge in [0.2, 0.25) is 0 Å². The SMILES string of the molecule is CCCNC(Cc1ccc(OC)cc1)c1coc(C)c1. The Labute approximate surface area is 121 Å². The summed E-state index contributed by atoms with van der Waals surface area (Å²) in [5.41, 5.74) is 2.50. The van der Waals surface area contributed by atoms with Crippen LogP contribution in [0.3, 0.4) is 0 Å². The first-order chi connectivity index (χ1) is 9.72. The van der Waals surface area contributed by atoms with Gasteiger partial charge in [0.25, 0.3) is 0 Å². The van der Waals surface area contributed by atoms with Crippen molar-refractivity contribution in [3.05, 3.63) is 53.5 Å². The number of hydrogen-bond donors (Lipinski definition) is 1. The monoisotopic (exact) mass is 273 g/mol. The fourth-order valence-corrected chi connectivity index (χ4v) is 2.27. The predicted molar refractivity (Wildman–Crippen MR) is 81.2 cm³/mol. The van der Waals surface area contributed by atoms with Crippen LogP contribution in [0.25, 0.3) is 0 Å². The Balaban J connectivity index is 2.10. The van der Waals surface area contributed by atoms with Crippen LogP contribution in [-0.4, -0.2) is 13.7 Å². The molecule has 3 nitrogen and oxygen atoms in total. The molecule has 0 bridgehead atoms. The molecule has 2 rings (SSSR count). The molecule has 0 aliphatic heterocycles. The first kappa shape index (κ1) is 14.7. The third-order valence-electron chi connectivity index (χ3n) is 3.39. The van der Waals surface area contributed by atoms with E-state index in [1.165, 1.54) is 11.1 Å². The van der Waals surface area contributed by atoms with Gasteiger partial charge in [0.15, 0.2) is 0 Å². The molecule has 0 saturated carbocycles. The standard InChI is InChI=1S/C17H23NO2/c1-4-9-18-17(15-10-13(2)20-12-15)11-14-5-7-16(19-3)8-6-14/h5-8,10,12,17-18H,4,9,11H2,1-3H3. The number of hydrogen-bond acceptors (Lipinski definition) is 3. The van der Waals surface area contributed by atoms with Crippen molar-refractivity contribution in [2.75, 3.05) is 13.7 Å². The van der Waals surface area contributed by atoms with Gasteiger partial charge in [0.05, 0.1) is 13.4 Å². The zero-order valence-corrected chi connectivity index (χ0v) is 12.5. The van der Waals surface area contributed by atoms with Crippen LogP contribution in [0.15, 0.2) is 41.0 Å². The number of nitrogens with one attached hydrogen (secondary N) is 1. The smallest absolute Gasteiger partial charge is 0.118 e. The summed E-state index contributed by atoms with van der Waals surface area (Å²) in [5.74, 6) is 1.85. The van der Waals surface area contributed by atoms with Gasteiger partial charge in [-0.2, -0.15) is 0 Å². The minimum atomic E-state index is 0.292. The van der Waals surface area contributed by atoms with Gasteiger partial charge in [-0.25, -0.2) is 0 Å². The van der Waals surface area contributed by atoms with Gasteiger partial charge in [-0.15, -0.1) is 0 Å². The molecule has 0 saturated heterocycles. The molecule has 1 aromatic heterocycles. The molecule has 1 heterocycles. The lowest BCUT2D eigenvalue weighted by Gasteiger charge is -2.17. The molecule has 0 aliphatic rings. The van der Waals surface area contributed by atoms with Crippen LogP contribution < -0.4 is 10.1 Å². The molecule has 0 spiro atoms. The van der Waals surface area contributed by atoms with E-state index in [0.717, 1.165) is 30.9 Å². The van der Waals surface area contributed by atoms with E-state index in [1.807, 2.05) is 25.3 Å². The van der Waals surface area contributed by atoms with Gasteiger partial charge in [-0.05, 0) is 50.1 Å². The third kappa shape index (κ3) is 3.87. The fraction of sp³-hybridized carbons (Fsp3) is 0.412. The number of rotatable bonds is 7. The molecule has 1 unspecified atom stereocenters. The Morgan fingerprint density at radius 1 is 1.25 bits per heavy atom. The highest BCUT2D eigenvalue weighted by atomic mass is 16.5. The second-order valence-corrected chi connectivity index (χ2v) is 5.05. The van der Waals surface area contributed by atoms with Crippen molar-refractivity contribution in [2.45, 2.75) is 32.7 Å². The van der Waals surface area contributed by atoms with Crippen molar-refractivity contribution in [2.24, 2.45) is 0 Å². The normalized spacial score (nSPS) is 12.3. The first-order valence-corrected chi connectivity index (χ1v) is 7.14. The molecule has 20 heavy (non-hydrogen) atoms. The molecule has 2 aromatic rings. The molecule has 1 N–H and O–H groups in total. The summed E-state index contributed by atoms with van der Waals surface area (Å²) in [6.07, 6.45) is 3.92. The maximum Gasteiger partial charge on any atom is 0.118 e. The average Bonchev–Trinajstić information content (AvgIpc) is 2.90. The fourth-order valence-electron chi connectivity index (χ4n) is 2.27. The summed E-state index contributed by atoms with van der Waals surface area (Å²) in [6.45, 7) is 5.16. The zero-order valence-electron chi connectivity index (χ0n) is 12.5. The van der Waals surface area contributed by atoms with E-state index in [9.17, 15) is 0 Å². The molecule has 108 valence electrons. The van der Waals surface area contributed by atoms with E-state index in [4.69, 9.17) is 9.15 Å². The maximum atomic E-state index is 5.44.